The van der Waals surface area contributed by atoms with Gasteiger partial charge < -0.3 is 5.32 Å². The lowest BCUT2D eigenvalue weighted by Gasteiger charge is -2.03. The highest BCUT2D eigenvalue weighted by molar-refractivity contribution is 4.82. The van der Waals surface area contributed by atoms with Gasteiger partial charge in [0.25, 0.3) is 0 Å². The van der Waals surface area contributed by atoms with E-state index in [1.807, 2.05) is 0 Å². The van der Waals surface area contributed by atoms with Gasteiger partial charge in [0.05, 0.1) is 0 Å². The third-order valence-electron chi connectivity index (χ3n) is 1.22. The molecule has 1 N–H and O–H groups in total. The van der Waals surface area contributed by atoms with Crippen LogP contribution in [0.1, 0.15) is 27.2 Å². The molecular weight excluding hydrogens is 122 g/mol. The number of allylic oxidation sites excluding steroid dienone is 1. The lowest BCUT2D eigenvalue weighted by molar-refractivity contribution is 0.577. The highest BCUT2D eigenvalue weighted by Gasteiger charge is 1.88. The number of hydrogen-bond donors (Lipinski definition) is 1. The molecule has 0 spiro atoms. The van der Waals surface area contributed by atoms with Gasteiger partial charge in [-0.1, -0.05) is 32.9 Å². The van der Waals surface area contributed by atoms with Crippen molar-refractivity contribution in [3.8, 4) is 0 Å². The monoisotopic (exact) mass is 141 g/mol. The average Bonchev–Trinajstić information content (AvgIpc) is 1.87. The Morgan fingerprint density at radius 3 is 2.50 bits per heavy atom. The van der Waals surface area contributed by atoms with E-state index in [9.17, 15) is 0 Å². The summed E-state index contributed by atoms with van der Waals surface area (Å²) in [7, 11) is 0. The molecule has 0 rings (SSSR count). The topological polar surface area (TPSA) is 12.0 Å². The van der Waals surface area contributed by atoms with Crippen molar-refractivity contribution in [1.82, 2.24) is 5.32 Å². The fraction of sp³-hybridized carbons (Fsp3) is 0.778. The third kappa shape index (κ3) is 7.70. The Kier molecular flexibility index (Phi) is 6.61. The summed E-state index contributed by atoms with van der Waals surface area (Å²) in [5, 5.41) is 3.33. The molecule has 0 bridgehead atoms. The minimum absolute atomic E-state index is 0.759. The van der Waals surface area contributed by atoms with Crippen LogP contribution in [-0.2, 0) is 0 Å². The van der Waals surface area contributed by atoms with Gasteiger partial charge in [-0.25, -0.2) is 0 Å². The Morgan fingerprint density at radius 2 is 2.00 bits per heavy atom. The summed E-state index contributed by atoms with van der Waals surface area (Å²) < 4.78 is 0. The first kappa shape index (κ1) is 9.70. The van der Waals surface area contributed by atoms with E-state index in [0.29, 0.717) is 0 Å². The Bertz CT molecular complexity index is 84.7. The fourth-order valence-corrected chi connectivity index (χ4v) is 0.705. The summed E-state index contributed by atoms with van der Waals surface area (Å²) in [4.78, 5) is 0. The Labute approximate surface area is 64.5 Å². The average molecular weight is 141 g/mol. The van der Waals surface area contributed by atoms with E-state index in [4.69, 9.17) is 0 Å². The molecule has 0 heterocycles. The Morgan fingerprint density at radius 1 is 1.30 bits per heavy atom. The van der Waals surface area contributed by atoms with Gasteiger partial charge in [-0.3, -0.25) is 0 Å². The molecule has 0 amide bonds. The van der Waals surface area contributed by atoms with Crippen LogP contribution in [0, 0.1) is 5.92 Å². The molecule has 0 unspecified atom stereocenters. The molecular formula is C9H19N. The van der Waals surface area contributed by atoms with Crippen LogP contribution in [0.2, 0.25) is 0 Å². The zero-order chi connectivity index (χ0) is 7.82. The van der Waals surface area contributed by atoms with Crippen molar-refractivity contribution < 1.29 is 0 Å². The molecule has 1 nitrogen and oxygen atoms in total. The number of nitrogens with one attached hydrogen (secondary N) is 1. The molecule has 0 aliphatic heterocycles. The van der Waals surface area contributed by atoms with E-state index in [0.717, 1.165) is 25.4 Å². The molecule has 0 fully saturated rings. The van der Waals surface area contributed by atoms with Gasteiger partial charge in [0.2, 0.25) is 0 Å². The van der Waals surface area contributed by atoms with Crippen molar-refractivity contribution >= 4 is 0 Å². The van der Waals surface area contributed by atoms with E-state index in [2.05, 4.69) is 38.2 Å². The summed E-state index contributed by atoms with van der Waals surface area (Å²) in [5.41, 5.74) is 0. The lowest BCUT2D eigenvalue weighted by Crippen LogP contribution is -2.19. The predicted octanol–water partition coefficient (Wildman–Crippen LogP) is 2.20. The van der Waals surface area contributed by atoms with Gasteiger partial charge in [-0.2, -0.15) is 0 Å². The quantitative estimate of drug-likeness (QED) is 0.457. The molecule has 0 saturated heterocycles. The minimum Gasteiger partial charge on any atom is -0.313 e. The van der Waals surface area contributed by atoms with Crippen LogP contribution in [0.15, 0.2) is 12.2 Å². The van der Waals surface area contributed by atoms with Crippen LogP contribution in [0.4, 0.5) is 0 Å². The van der Waals surface area contributed by atoms with E-state index in [1.54, 1.807) is 0 Å². The maximum atomic E-state index is 3.33. The molecule has 0 radical (unpaired) electrons. The standard InChI is InChI=1S/C9H19N/c1-4-5-6-7-10-8-9(2)3/h5-6,9-10H,4,7-8H2,1-3H3/b6-5+. The summed E-state index contributed by atoms with van der Waals surface area (Å²) in [6.45, 7) is 8.73. The summed E-state index contributed by atoms with van der Waals surface area (Å²) in [5.74, 6) is 0.759. The zero-order valence-electron chi connectivity index (χ0n) is 7.35. The smallest absolute Gasteiger partial charge is 0.0134 e. The first-order valence-corrected chi connectivity index (χ1v) is 4.13. The number of hydrogen-bond acceptors (Lipinski definition) is 1. The summed E-state index contributed by atoms with van der Waals surface area (Å²) >= 11 is 0. The predicted molar refractivity (Wildman–Crippen MR) is 47.1 cm³/mol. The van der Waals surface area contributed by atoms with Crippen molar-refractivity contribution in [3.63, 3.8) is 0 Å². The summed E-state index contributed by atoms with van der Waals surface area (Å²) in [6, 6.07) is 0. The second kappa shape index (κ2) is 6.81. The summed E-state index contributed by atoms with van der Waals surface area (Å²) in [6.07, 6.45) is 5.51. The van der Waals surface area contributed by atoms with Crippen LogP contribution in [0.3, 0.4) is 0 Å². The highest BCUT2D eigenvalue weighted by Crippen LogP contribution is 1.86. The molecule has 0 aromatic carbocycles. The van der Waals surface area contributed by atoms with Gasteiger partial charge in [-0.05, 0) is 18.9 Å². The van der Waals surface area contributed by atoms with Crippen LogP contribution >= 0.6 is 0 Å². The Balaban J connectivity index is 2.97. The Hall–Kier alpha value is -0.300. The molecule has 60 valence electrons. The normalized spacial score (nSPS) is 11.6. The van der Waals surface area contributed by atoms with Gasteiger partial charge in [0, 0.05) is 6.54 Å². The first-order valence-electron chi connectivity index (χ1n) is 4.13. The molecule has 0 aliphatic carbocycles. The van der Waals surface area contributed by atoms with E-state index >= 15 is 0 Å². The number of rotatable bonds is 5. The molecule has 0 saturated carbocycles. The van der Waals surface area contributed by atoms with Gasteiger partial charge in [0.15, 0.2) is 0 Å². The maximum Gasteiger partial charge on any atom is 0.0134 e. The van der Waals surface area contributed by atoms with Crippen molar-refractivity contribution in [3.05, 3.63) is 12.2 Å². The third-order valence-corrected chi connectivity index (χ3v) is 1.22. The molecule has 10 heavy (non-hydrogen) atoms. The maximum absolute atomic E-state index is 3.33. The lowest BCUT2D eigenvalue weighted by atomic mass is 10.2. The molecule has 0 aromatic rings. The van der Waals surface area contributed by atoms with Crippen molar-refractivity contribution in [2.75, 3.05) is 13.1 Å². The van der Waals surface area contributed by atoms with Crippen LogP contribution in [0.5, 0.6) is 0 Å². The van der Waals surface area contributed by atoms with Gasteiger partial charge in [-0.15, -0.1) is 0 Å². The molecule has 0 atom stereocenters. The molecule has 1 heteroatoms. The largest absolute Gasteiger partial charge is 0.313 e. The SMILES string of the molecule is CC/C=C/CNCC(C)C. The first-order chi connectivity index (χ1) is 4.77. The van der Waals surface area contributed by atoms with Crippen molar-refractivity contribution in [2.45, 2.75) is 27.2 Å². The highest BCUT2D eigenvalue weighted by atomic mass is 14.8. The molecule has 0 aliphatic rings. The van der Waals surface area contributed by atoms with E-state index in [1.165, 1.54) is 0 Å². The van der Waals surface area contributed by atoms with Crippen LogP contribution in [0.25, 0.3) is 0 Å². The van der Waals surface area contributed by atoms with Gasteiger partial charge >= 0.3 is 0 Å². The molecule has 0 aromatic heterocycles. The van der Waals surface area contributed by atoms with Crippen LogP contribution in [-0.4, -0.2) is 13.1 Å². The van der Waals surface area contributed by atoms with Crippen molar-refractivity contribution in [1.29, 1.82) is 0 Å². The second-order valence-corrected chi connectivity index (χ2v) is 2.93. The zero-order valence-corrected chi connectivity index (χ0v) is 7.35. The van der Waals surface area contributed by atoms with Crippen molar-refractivity contribution in [2.24, 2.45) is 5.92 Å². The van der Waals surface area contributed by atoms with Crippen LogP contribution < -0.4 is 5.32 Å². The van der Waals surface area contributed by atoms with Gasteiger partial charge in [0.1, 0.15) is 0 Å². The van der Waals surface area contributed by atoms with E-state index in [-0.39, 0.29) is 0 Å². The minimum atomic E-state index is 0.759. The second-order valence-electron chi connectivity index (χ2n) is 2.93. The van der Waals surface area contributed by atoms with E-state index < -0.39 is 0 Å². The fourth-order valence-electron chi connectivity index (χ4n) is 0.705.